The van der Waals surface area contributed by atoms with Gasteiger partial charge in [-0.25, -0.2) is 0 Å². The summed E-state index contributed by atoms with van der Waals surface area (Å²) in [7, 11) is 0. The van der Waals surface area contributed by atoms with Crippen LogP contribution >= 0.6 is 0 Å². The Labute approximate surface area is 122 Å². The molecule has 110 valence electrons. The van der Waals surface area contributed by atoms with Crippen LogP contribution < -0.4 is 10.2 Å². The molecule has 3 atom stereocenters. The maximum absolute atomic E-state index is 12.0. The number of amides is 1. The van der Waals surface area contributed by atoms with Crippen molar-refractivity contribution in [1.82, 2.24) is 0 Å². The second-order valence-electron chi connectivity index (χ2n) is 6.52. The van der Waals surface area contributed by atoms with E-state index < -0.39 is 0 Å². The van der Waals surface area contributed by atoms with Crippen LogP contribution in [0.4, 0.5) is 5.69 Å². The number of carbonyl (C=O) groups is 1. The van der Waals surface area contributed by atoms with Crippen LogP contribution in [0.25, 0.3) is 0 Å². The maximum Gasteiger partial charge on any atom is 0.230 e. The summed E-state index contributed by atoms with van der Waals surface area (Å²) in [5.74, 6) is 1.70. The van der Waals surface area contributed by atoms with Crippen LogP contribution in [0.3, 0.4) is 0 Å². The molecule has 1 amide bonds. The molecule has 1 saturated heterocycles. The fourth-order valence-corrected chi connectivity index (χ4v) is 3.28. The van der Waals surface area contributed by atoms with E-state index >= 15 is 0 Å². The normalized spacial score (nSPS) is 26.2. The first kappa shape index (κ1) is 15.0. The van der Waals surface area contributed by atoms with Gasteiger partial charge in [0.05, 0.1) is 26.1 Å². The molecule has 1 aromatic carbocycles. The molecule has 0 bridgehead atoms. The number of quaternary nitrogens is 1. The number of piperidine rings is 1. The summed E-state index contributed by atoms with van der Waals surface area (Å²) in [6.45, 7) is 10.1. The summed E-state index contributed by atoms with van der Waals surface area (Å²) in [5, 5.41) is 2.98. The number of rotatable bonds is 4. The molecule has 0 saturated carbocycles. The smallest absolute Gasteiger partial charge is 0.230 e. The lowest BCUT2D eigenvalue weighted by Gasteiger charge is -2.31. The predicted octanol–water partition coefficient (Wildman–Crippen LogP) is 1.88. The number of anilines is 1. The van der Waals surface area contributed by atoms with Gasteiger partial charge in [0.1, 0.15) is 0 Å². The fraction of sp³-hybridized carbons (Fsp3) is 0.588. The van der Waals surface area contributed by atoms with E-state index in [9.17, 15) is 4.79 Å². The second kappa shape index (κ2) is 6.89. The molecule has 3 nitrogen and oxygen atoms in total. The van der Waals surface area contributed by atoms with E-state index in [1.807, 2.05) is 31.2 Å². The number of hydrogen-bond donors (Lipinski definition) is 2. The van der Waals surface area contributed by atoms with E-state index in [1.54, 1.807) is 4.90 Å². The first-order chi connectivity index (χ1) is 9.52. The van der Waals surface area contributed by atoms with Gasteiger partial charge in [-0.2, -0.15) is 0 Å². The van der Waals surface area contributed by atoms with Crippen LogP contribution in [0, 0.1) is 18.8 Å². The van der Waals surface area contributed by atoms with Gasteiger partial charge in [0, 0.05) is 17.5 Å². The van der Waals surface area contributed by atoms with Crippen molar-refractivity contribution in [2.24, 2.45) is 11.8 Å². The largest absolute Gasteiger partial charge is 0.334 e. The standard InChI is InChI=1S/C17H26N2O/c1-13-4-6-16(7-5-13)18-17(20)8-9-19-11-14(2)10-15(3)12-19/h4-7,14-15H,8-12H2,1-3H3,(H,18,20)/p+1/t14-,15+. The zero-order chi connectivity index (χ0) is 14.5. The Morgan fingerprint density at radius 3 is 2.40 bits per heavy atom. The Morgan fingerprint density at radius 2 is 1.80 bits per heavy atom. The lowest BCUT2D eigenvalue weighted by Crippen LogP contribution is -3.14. The van der Waals surface area contributed by atoms with Crippen molar-refractivity contribution in [2.45, 2.75) is 33.6 Å². The minimum absolute atomic E-state index is 0.132. The van der Waals surface area contributed by atoms with Crippen LogP contribution in [-0.4, -0.2) is 25.5 Å². The molecule has 0 spiro atoms. The highest BCUT2D eigenvalue weighted by Gasteiger charge is 2.25. The third kappa shape index (κ3) is 4.64. The molecule has 1 aromatic rings. The summed E-state index contributed by atoms with van der Waals surface area (Å²) in [6, 6.07) is 7.97. The first-order valence-electron chi connectivity index (χ1n) is 7.73. The van der Waals surface area contributed by atoms with E-state index in [2.05, 4.69) is 19.2 Å². The van der Waals surface area contributed by atoms with Gasteiger partial charge < -0.3 is 10.2 Å². The quantitative estimate of drug-likeness (QED) is 0.864. The Morgan fingerprint density at radius 1 is 1.20 bits per heavy atom. The van der Waals surface area contributed by atoms with Gasteiger partial charge in [0.2, 0.25) is 5.91 Å². The Kier molecular flexibility index (Phi) is 5.18. The Bertz CT molecular complexity index is 431. The van der Waals surface area contributed by atoms with Crippen molar-refractivity contribution in [1.29, 1.82) is 0 Å². The number of aryl methyl sites for hydroxylation is 1. The lowest BCUT2D eigenvalue weighted by atomic mass is 9.92. The zero-order valence-electron chi connectivity index (χ0n) is 12.9. The topological polar surface area (TPSA) is 33.5 Å². The van der Waals surface area contributed by atoms with Gasteiger partial charge in [-0.3, -0.25) is 4.79 Å². The minimum Gasteiger partial charge on any atom is -0.334 e. The van der Waals surface area contributed by atoms with Crippen molar-refractivity contribution in [3.8, 4) is 0 Å². The SMILES string of the molecule is Cc1ccc(NC(=O)CC[NH+]2C[C@H](C)C[C@H](C)C2)cc1. The highest BCUT2D eigenvalue weighted by molar-refractivity contribution is 5.90. The number of benzene rings is 1. The van der Waals surface area contributed by atoms with Crippen LogP contribution in [0.1, 0.15) is 32.3 Å². The number of carbonyl (C=O) groups excluding carboxylic acids is 1. The molecule has 2 rings (SSSR count). The molecule has 1 heterocycles. The molecule has 3 heteroatoms. The summed E-state index contributed by atoms with van der Waals surface area (Å²) < 4.78 is 0. The van der Waals surface area contributed by atoms with Crippen LogP contribution in [0.15, 0.2) is 24.3 Å². The Balaban J connectivity index is 1.76. The molecule has 20 heavy (non-hydrogen) atoms. The summed E-state index contributed by atoms with van der Waals surface area (Å²) >= 11 is 0. The van der Waals surface area contributed by atoms with Gasteiger partial charge in [0.25, 0.3) is 0 Å². The number of hydrogen-bond acceptors (Lipinski definition) is 1. The van der Waals surface area contributed by atoms with Crippen LogP contribution in [-0.2, 0) is 4.79 Å². The third-order valence-corrected chi connectivity index (χ3v) is 4.12. The maximum atomic E-state index is 12.0. The molecular formula is C17H27N2O+. The van der Waals surface area contributed by atoms with Crippen LogP contribution in [0.2, 0.25) is 0 Å². The molecule has 0 aromatic heterocycles. The fourth-order valence-electron chi connectivity index (χ4n) is 3.28. The van der Waals surface area contributed by atoms with Gasteiger partial charge in [-0.15, -0.1) is 0 Å². The van der Waals surface area contributed by atoms with Crippen molar-refractivity contribution < 1.29 is 9.69 Å². The first-order valence-corrected chi connectivity index (χ1v) is 7.73. The van der Waals surface area contributed by atoms with Crippen molar-refractivity contribution in [3.05, 3.63) is 29.8 Å². The second-order valence-corrected chi connectivity index (χ2v) is 6.52. The molecule has 2 N–H and O–H groups in total. The molecule has 1 aliphatic heterocycles. The molecule has 0 aliphatic carbocycles. The highest BCUT2D eigenvalue weighted by atomic mass is 16.1. The molecule has 1 unspecified atom stereocenters. The number of likely N-dealkylation sites (tertiary alicyclic amines) is 1. The van der Waals surface area contributed by atoms with Crippen LogP contribution in [0.5, 0.6) is 0 Å². The van der Waals surface area contributed by atoms with Crippen molar-refractivity contribution in [3.63, 3.8) is 0 Å². The monoisotopic (exact) mass is 275 g/mol. The molecule has 0 radical (unpaired) electrons. The van der Waals surface area contributed by atoms with Gasteiger partial charge in [-0.05, 0) is 25.5 Å². The van der Waals surface area contributed by atoms with Gasteiger partial charge in [-0.1, -0.05) is 31.5 Å². The van der Waals surface area contributed by atoms with E-state index in [-0.39, 0.29) is 5.91 Å². The Hall–Kier alpha value is -1.35. The average molecular weight is 275 g/mol. The highest BCUT2D eigenvalue weighted by Crippen LogP contribution is 2.12. The molecule has 1 aliphatic rings. The van der Waals surface area contributed by atoms with E-state index in [0.29, 0.717) is 6.42 Å². The van der Waals surface area contributed by atoms with Crippen molar-refractivity contribution >= 4 is 11.6 Å². The summed E-state index contributed by atoms with van der Waals surface area (Å²) in [6.07, 6.45) is 1.95. The van der Waals surface area contributed by atoms with E-state index in [1.165, 1.54) is 25.1 Å². The van der Waals surface area contributed by atoms with Crippen molar-refractivity contribution in [2.75, 3.05) is 25.0 Å². The summed E-state index contributed by atoms with van der Waals surface area (Å²) in [5.41, 5.74) is 2.11. The third-order valence-electron chi connectivity index (χ3n) is 4.12. The molecule has 1 fully saturated rings. The number of nitrogens with one attached hydrogen (secondary N) is 2. The average Bonchev–Trinajstić information content (AvgIpc) is 2.38. The van der Waals surface area contributed by atoms with Gasteiger partial charge in [0.15, 0.2) is 0 Å². The lowest BCUT2D eigenvalue weighted by molar-refractivity contribution is -0.911. The zero-order valence-corrected chi connectivity index (χ0v) is 12.9. The summed E-state index contributed by atoms with van der Waals surface area (Å²) in [4.78, 5) is 13.6. The minimum atomic E-state index is 0.132. The van der Waals surface area contributed by atoms with Gasteiger partial charge >= 0.3 is 0 Å². The van der Waals surface area contributed by atoms with E-state index in [4.69, 9.17) is 0 Å². The molecular weight excluding hydrogens is 248 g/mol. The van der Waals surface area contributed by atoms with E-state index in [0.717, 1.165) is 24.1 Å². The predicted molar refractivity (Wildman–Crippen MR) is 82.9 cm³/mol.